The summed E-state index contributed by atoms with van der Waals surface area (Å²) in [5, 5.41) is 5.25. The number of hydrogen-bond acceptors (Lipinski definition) is 6. The van der Waals surface area contributed by atoms with Gasteiger partial charge in [0.2, 0.25) is 5.91 Å². The zero-order chi connectivity index (χ0) is 23.4. The van der Waals surface area contributed by atoms with Crippen LogP contribution in [0.4, 0.5) is 5.82 Å². The van der Waals surface area contributed by atoms with Crippen molar-refractivity contribution < 1.29 is 14.3 Å². The molecule has 1 saturated heterocycles. The van der Waals surface area contributed by atoms with Gasteiger partial charge in [-0.25, -0.2) is 4.98 Å². The Balaban J connectivity index is 1.56. The van der Waals surface area contributed by atoms with E-state index in [0.717, 1.165) is 52.4 Å². The number of benzene rings is 2. The standard InChI is InChI=1S/C25H29ClN4O3/c1-17(31)29-6-8-30(9-7-29)25-20(12-19-4-5-21(26)13-24(19)28-25)16-27-15-18-10-22(32-2)14-23(11-18)33-3/h4-5,10-14,27H,6-9,15-16H2,1-3H3. The van der Waals surface area contributed by atoms with Crippen LogP contribution in [0.25, 0.3) is 10.9 Å². The number of nitrogens with zero attached hydrogens (tertiary/aromatic N) is 3. The van der Waals surface area contributed by atoms with E-state index in [9.17, 15) is 4.79 Å². The molecule has 2 heterocycles. The summed E-state index contributed by atoms with van der Waals surface area (Å²) < 4.78 is 10.8. The number of piperazine rings is 1. The van der Waals surface area contributed by atoms with Crippen LogP contribution >= 0.6 is 11.6 Å². The molecule has 8 heteroatoms. The van der Waals surface area contributed by atoms with Crippen LogP contribution in [-0.2, 0) is 17.9 Å². The summed E-state index contributed by atoms with van der Waals surface area (Å²) in [6.45, 7) is 5.81. The smallest absolute Gasteiger partial charge is 0.219 e. The second-order valence-electron chi connectivity index (χ2n) is 8.13. The molecule has 1 fully saturated rings. The van der Waals surface area contributed by atoms with Crippen molar-refractivity contribution in [3.05, 3.63) is 58.6 Å². The summed E-state index contributed by atoms with van der Waals surface area (Å²) in [5.41, 5.74) is 3.05. The van der Waals surface area contributed by atoms with Gasteiger partial charge in [0, 0.05) is 68.2 Å². The van der Waals surface area contributed by atoms with Crippen molar-refractivity contribution in [1.29, 1.82) is 0 Å². The monoisotopic (exact) mass is 468 g/mol. The molecule has 1 N–H and O–H groups in total. The first-order valence-corrected chi connectivity index (χ1v) is 11.4. The summed E-state index contributed by atoms with van der Waals surface area (Å²) in [7, 11) is 3.30. The highest BCUT2D eigenvalue weighted by Gasteiger charge is 2.22. The van der Waals surface area contributed by atoms with Crippen LogP contribution < -0.4 is 19.7 Å². The largest absolute Gasteiger partial charge is 0.497 e. The molecule has 1 aliphatic heterocycles. The van der Waals surface area contributed by atoms with Gasteiger partial charge in [0.05, 0.1) is 19.7 Å². The first kappa shape index (κ1) is 23.1. The fourth-order valence-corrected chi connectivity index (χ4v) is 4.29. The molecule has 174 valence electrons. The molecule has 3 aromatic rings. The van der Waals surface area contributed by atoms with Crippen molar-refractivity contribution in [2.24, 2.45) is 0 Å². The molecule has 1 aromatic heterocycles. The van der Waals surface area contributed by atoms with Gasteiger partial charge in [0.25, 0.3) is 0 Å². The SMILES string of the molecule is COc1cc(CNCc2cc3ccc(Cl)cc3nc2N2CCN(C(C)=O)CC2)cc(OC)c1. The molecular weight excluding hydrogens is 440 g/mol. The quantitative estimate of drug-likeness (QED) is 0.568. The van der Waals surface area contributed by atoms with Crippen LogP contribution in [0.5, 0.6) is 11.5 Å². The number of methoxy groups -OCH3 is 2. The van der Waals surface area contributed by atoms with Gasteiger partial charge in [-0.2, -0.15) is 0 Å². The number of pyridine rings is 1. The van der Waals surface area contributed by atoms with E-state index in [4.69, 9.17) is 26.1 Å². The number of nitrogens with one attached hydrogen (secondary N) is 1. The Morgan fingerprint density at radius 1 is 1.00 bits per heavy atom. The van der Waals surface area contributed by atoms with E-state index in [1.807, 2.05) is 41.3 Å². The van der Waals surface area contributed by atoms with E-state index in [2.05, 4.69) is 16.3 Å². The summed E-state index contributed by atoms with van der Waals surface area (Å²) in [4.78, 5) is 20.8. The van der Waals surface area contributed by atoms with Crippen molar-refractivity contribution >= 4 is 34.2 Å². The Hall–Kier alpha value is -3.03. The van der Waals surface area contributed by atoms with Gasteiger partial charge in [-0.05, 0) is 35.9 Å². The third-order valence-corrected chi connectivity index (χ3v) is 6.15. The van der Waals surface area contributed by atoms with Crippen LogP contribution in [0.15, 0.2) is 42.5 Å². The molecule has 0 radical (unpaired) electrons. The number of hydrogen-bond donors (Lipinski definition) is 1. The predicted octanol–water partition coefficient (Wildman–Crippen LogP) is 3.86. The molecule has 1 amide bonds. The van der Waals surface area contributed by atoms with E-state index < -0.39 is 0 Å². The van der Waals surface area contributed by atoms with Crippen LogP contribution in [0.3, 0.4) is 0 Å². The molecule has 0 bridgehead atoms. The molecule has 4 rings (SSSR count). The molecule has 2 aromatic carbocycles. The van der Waals surface area contributed by atoms with Gasteiger partial charge >= 0.3 is 0 Å². The van der Waals surface area contributed by atoms with Crippen LogP contribution in [0.1, 0.15) is 18.1 Å². The van der Waals surface area contributed by atoms with E-state index in [0.29, 0.717) is 31.2 Å². The van der Waals surface area contributed by atoms with Crippen molar-refractivity contribution in [3.63, 3.8) is 0 Å². The Bertz CT molecular complexity index is 1120. The van der Waals surface area contributed by atoms with Gasteiger partial charge in [-0.1, -0.05) is 17.7 Å². The van der Waals surface area contributed by atoms with E-state index >= 15 is 0 Å². The first-order chi connectivity index (χ1) is 16.0. The Labute approximate surface area is 199 Å². The average molecular weight is 469 g/mol. The molecule has 33 heavy (non-hydrogen) atoms. The van der Waals surface area contributed by atoms with Crippen LogP contribution in [-0.4, -0.2) is 56.2 Å². The Morgan fingerprint density at radius 2 is 1.70 bits per heavy atom. The fourth-order valence-electron chi connectivity index (χ4n) is 4.12. The number of amides is 1. The number of carbonyl (C=O) groups is 1. The topological polar surface area (TPSA) is 66.9 Å². The van der Waals surface area contributed by atoms with Crippen LogP contribution in [0.2, 0.25) is 5.02 Å². The number of aromatic nitrogens is 1. The summed E-state index contributed by atoms with van der Waals surface area (Å²) >= 11 is 6.22. The lowest BCUT2D eigenvalue weighted by Crippen LogP contribution is -2.48. The maximum atomic E-state index is 11.7. The van der Waals surface area contributed by atoms with Crippen molar-refractivity contribution in [2.75, 3.05) is 45.3 Å². The number of ether oxygens (including phenoxy) is 2. The highest BCUT2D eigenvalue weighted by atomic mass is 35.5. The maximum Gasteiger partial charge on any atom is 0.219 e. The predicted molar refractivity (Wildman–Crippen MR) is 131 cm³/mol. The van der Waals surface area contributed by atoms with E-state index in [-0.39, 0.29) is 5.91 Å². The number of halogens is 1. The fraction of sp³-hybridized carbons (Fsp3) is 0.360. The summed E-state index contributed by atoms with van der Waals surface area (Å²) in [5.74, 6) is 2.58. The van der Waals surface area contributed by atoms with Gasteiger partial charge in [0.1, 0.15) is 17.3 Å². The molecular formula is C25H29ClN4O3. The lowest BCUT2D eigenvalue weighted by Gasteiger charge is -2.36. The number of rotatable bonds is 7. The summed E-state index contributed by atoms with van der Waals surface area (Å²) in [6, 6.07) is 13.8. The van der Waals surface area contributed by atoms with Crippen molar-refractivity contribution in [1.82, 2.24) is 15.2 Å². The van der Waals surface area contributed by atoms with Gasteiger partial charge in [-0.3, -0.25) is 4.79 Å². The molecule has 0 saturated carbocycles. The molecule has 1 aliphatic rings. The minimum Gasteiger partial charge on any atom is -0.497 e. The lowest BCUT2D eigenvalue weighted by atomic mass is 10.1. The first-order valence-electron chi connectivity index (χ1n) is 11.0. The number of carbonyl (C=O) groups excluding carboxylic acids is 1. The van der Waals surface area contributed by atoms with Crippen molar-refractivity contribution in [3.8, 4) is 11.5 Å². The van der Waals surface area contributed by atoms with Gasteiger partial charge in [-0.15, -0.1) is 0 Å². The highest BCUT2D eigenvalue weighted by molar-refractivity contribution is 6.31. The minimum atomic E-state index is 0.114. The lowest BCUT2D eigenvalue weighted by molar-refractivity contribution is -0.129. The molecule has 0 unspecified atom stereocenters. The second kappa shape index (κ2) is 10.3. The third kappa shape index (κ3) is 5.49. The molecule has 0 atom stereocenters. The van der Waals surface area contributed by atoms with Gasteiger partial charge < -0.3 is 24.6 Å². The second-order valence-corrected chi connectivity index (χ2v) is 8.56. The zero-order valence-corrected chi connectivity index (χ0v) is 20.0. The van der Waals surface area contributed by atoms with E-state index in [1.165, 1.54) is 0 Å². The van der Waals surface area contributed by atoms with Crippen LogP contribution in [0, 0.1) is 0 Å². The Kier molecular flexibility index (Phi) is 7.20. The number of anilines is 1. The molecule has 0 aliphatic carbocycles. The van der Waals surface area contributed by atoms with Gasteiger partial charge in [0.15, 0.2) is 0 Å². The normalized spacial score (nSPS) is 13.9. The van der Waals surface area contributed by atoms with E-state index in [1.54, 1.807) is 21.1 Å². The Morgan fingerprint density at radius 3 is 2.33 bits per heavy atom. The maximum absolute atomic E-state index is 11.7. The third-order valence-electron chi connectivity index (χ3n) is 5.92. The molecule has 0 spiro atoms. The molecule has 7 nitrogen and oxygen atoms in total. The highest BCUT2D eigenvalue weighted by Crippen LogP contribution is 2.27. The zero-order valence-electron chi connectivity index (χ0n) is 19.2. The number of fused-ring (bicyclic) bond motifs is 1. The average Bonchev–Trinajstić information content (AvgIpc) is 2.83. The minimum absolute atomic E-state index is 0.114. The summed E-state index contributed by atoms with van der Waals surface area (Å²) in [6.07, 6.45) is 0. The van der Waals surface area contributed by atoms with Crippen molar-refractivity contribution in [2.45, 2.75) is 20.0 Å².